The summed E-state index contributed by atoms with van der Waals surface area (Å²) in [5.74, 6) is 1.58. The van der Waals surface area contributed by atoms with E-state index in [1.54, 1.807) is 0 Å². The van der Waals surface area contributed by atoms with Crippen LogP contribution in [0.2, 0.25) is 0 Å². The highest BCUT2D eigenvalue weighted by molar-refractivity contribution is 5.80. The van der Waals surface area contributed by atoms with Crippen molar-refractivity contribution >= 4 is 5.96 Å². The first-order chi connectivity index (χ1) is 13.5. The number of piperidine rings is 1. The highest BCUT2D eigenvalue weighted by Gasteiger charge is 2.59. The van der Waals surface area contributed by atoms with E-state index in [-0.39, 0.29) is 5.41 Å². The monoisotopic (exact) mass is 384 g/mol. The van der Waals surface area contributed by atoms with Crippen LogP contribution in [0.1, 0.15) is 51.6 Å². The number of nitrogens with one attached hydrogen (secondary N) is 2. The minimum Gasteiger partial charge on any atom is -0.377 e. The summed E-state index contributed by atoms with van der Waals surface area (Å²) in [6.45, 7) is 10.1. The van der Waals surface area contributed by atoms with Crippen LogP contribution < -0.4 is 10.6 Å². The van der Waals surface area contributed by atoms with E-state index in [0.717, 1.165) is 38.5 Å². The van der Waals surface area contributed by atoms with Crippen molar-refractivity contribution in [3.63, 3.8) is 0 Å². The fraction of sp³-hybridized carbons (Fsp3) is 0.696. The van der Waals surface area contributed by atoms with Crippen molar-refractivity contribution in [3.05, 3.63) is 35.9 Å². The molecule has 2 N–H and O–H groups in total. The maximum absolute atomic E-state index is 5.93. The molecule has 1 aromatic rings. The second kappa shape index (κ2) is 8.03. The largest absolute Gasteiger partial charge is 0.377 e. The van der Waals surface area contributed by atoms with Gasteiger partial charge in [0.1, 0.15) is 0 Å². The van der Waals surface area contributed by atoms with Gasteiger partial charge in [0.15, 0.2) is 5.96 Å². The SMILES string of the molecule is CN=C(NC1CCN(C(C)c2ccccc2)CC1)NC1C2CCOC2C1(C)C. The molecule has 5 heteroatoms. The van der Waals surface area contributed by atoms with Gasteiger partial charge in [-0.2, -0.15) is 0 Å². The van der Waals surface area contributed by atoms with Crippen LogP contribution in [0.3, 0.4) is 0 Å². The second-order valence-electron chi connectivity index (χ2n) is 9.30. The highest BCUT2D eigenvalue weighted by Crippen LogP contribution is 2.52. The summed E-state index contributed by atoms with van der Waals surface area (Å²) in [4.78, 5) is 7.12. The molecule has 0 aromatic heterocycles. The molecule has 154 valence electrons. The summed E-state index contributed by atoms with van der Waals surface area (Å²) in [5, 5.41) is 7.41. The Morgan fingerprint density at radius 3 is 2.54 bits per heavy atom. The number of fused-ring (bicyclic) bond motifs is 1. The number of guanidine groups is 1. The minimum absolute atomic E-state index is 0.174. The number of ether oxygens (including phenoxy) is 1. The van der Waals surface area contributed by atoms with Gasteiger partial charge in [-0.05, 0) is 31.7 Å². The minimum atomic E-state index is 0.174. The number of rotatable bonds is 4. The van der Waals surface area contributed by atoms with Gasteiger partial charge in [-0.3, -0.25) is 9.89 Å². The Labute approximate surface area is 169 Å². The Balaban J connectivity index is 1.28. The van der Waals surface area contributed by atoms with Gasteiger partial charge in [0.2, 0.25) is 0 Å². The van der Waals surface area contributed by atoms with Gasteiger partial charge < -0.3 is 15.4 Å². The van der Waals surface area contributed by atoms with Crippen LogP contribution in [0, 0.1) is 11.3 Å². The number of likely N-dealkylation sites (tertiary alicyclic amines) is 1. The van der Waals surface area contributed by atoms with Crippen molar-refractivity contribution in [2.24, 2.45) is 16.3 Å². The third-order valence-corrected chi connectivity index (χ3v) is 7.32. The maximum Gasteiger partial charge on any atom is 0.191 e. The molecule has 0 bridgehead atoms. The van der Waals surface area contributed by atoms with E-state index in [1.807, 2.05) is 7.05 Å². The first kappa shape index (κ1) is 19.7. The van der Waals surface area contributed by atoms with Crippen molar-refractivity contribution in [2.45, 2.75) is 64.3 Å². The summed E-state index contributed by atoms with van der Waals surface area (Å²) >= 11 is 0. The van der Waals surface area contributed by atoms with Gasteiger partial charge in [-0.1, -0.05) is 44.2 Å². The molecule has 0 spiro atoms. The Hall–Kier alpha value is -1.59. The lowest BCUT2D eigenvalue weighted by molar-refractivity contribution is -0.106. The van der Waals surface area contributed by atoms with Gasteiger partial charge in [-0.15, -0.1) is 0 Å². The van der Waals surface area contributed by atoms with Crippen molar-refractivity contribution in [1.29, 1.82) is 0 Å². The van der Waals surface area contributed by atoms with E-state index in [0.29, 0.717) is 30.1 Å². The van der Waals surface area contributed by atoms with Crippen LogP contribution in [0.15, 0.2) is 35.3 Å². The molecule has 5 nitrogen and oxygen atoms in total. The molecule has 4 rings (SSSR count). The van der Waals surface area contributed by atoms with Crippen LogP contribution in [0.4, 0.5) is 0 Å². The van der Waals surface area contributed by atoms with Gasteiger partial charge in [0, 0.05) is 56.2 Å². The third-order valence-electron chi connectivity index (χ3n) is 7.32. The Kier molecular flexibility index (Phi) is 5.66. The van der Waals surface area contributed by atoms with Crippen LogP contribution >= 0.6 is 0 Å². The zero-order valence-electron chi connectivity index (χ0n) is 17.8. The first-order valence-electron chi connectivity index (χ1n) is 10.9. The fourth-order valence-electron chi connectivity index (χ4n) is 5.50. The second-order valence-corrected chi connectivity index (χ2v) is 9.30. The molecule has 4 unspecified atom stereocenters. The zero-order chi connectivity index (χ0) is 19.7. The summed E-state index contributed by atoms with van der Waals surface area (Å²) in [6, 6.07) is 12.3. The fourth-order valence-corrected chi connectivity index (χ4v) is 5.50. The standard InChI is InChI=1S/C23H36N4O/c1-16(17-8-6-5-7-9-17)27-13-10-18(11-14-27)25-22(24-4)26-20-19-12-15-28-21(19)23(20,2)3/h5-9,16,18-21H,10-15H2,1-4H3,(H2,24,25,26). The lowest BCUT2D eigenvalue weighted by Crippen LogP contribution is -2.68. The molecule has 3 fully saturated rings. The summed E-state index contributed by atoms with van der Waals surface area (Å²) in [7, 11) is 1.89. The van der Waals surface area contributed by atoms with Crippen molar-refractivity contribution in [3.8, 4) is 0 Å². The normalized spacial score (nSPS) is 31.7. The molecule has 4 atom stereocenters. The molecule has 1 saturated carbocycles. The highest BCUT2D eigenvalue weighted by atomic mass is 16.5. The van der Waals surface area contributed by atoms with E-state index in [2.05, 4.69) is 71.6 Å². The van der Waals surface area contributed by atoms with Crippen LogP contribution in [-0.4, -0.2) is 55.8 Å². The summed E-state index contributed by atoms with van der Waals surface area (Å²) in [5.41, 5.74) is 1.58. The number of benzene rings is 1. The van der Waals surface area contributed by atoms with E-state index >= 15 is 0 Å². The number of nitrogens with zero attached hydrogens (tertiary/aromatic N) is 2. The molecule has 28 heavy (non-hydrogen) atoms. The first-order valence-corrected chi connectivity index (χ1v) is 10.9. The number of hydrogen-bond donors (Lipinski definition) is 2. The van der Waals surface area contributed by atoms with Gasteiger partial charge >= 0.3 is 0 Å². The Morgan fingerprint density at radius 2 is 1.86 bits per heavy atom. The topological polar surface area (TPSA) is 48.9 Å². The average molecular weight is 385 g/mol. The number of aliphatic imine (C=N–C) groups is 1. The van der Waals surface area contributed by atoms with E-state index < -0.39 is 0 Å². The predicted octanol–water partition coefficient (Wildman–Crippen LogP) is 3.19. The van der Waals surface area contributed by atoms with Crippen molar-refractivity contribution in [1.82, 2.24) is 15.5 Å². The molecule has 0 amide bonds. The molecule has 1 aromatic carbocycles. The Morgan fingerprint density at radius 1 is 1.14 bits per heavy atom. The zero-order valence-corrected chi connectivity index (χ0v) is 17.8. The van der Waals surface area contributed by atoms with E-state index in [4.69, 9.17) is 4.74 Å². The molecular weight excluding hydrogens is 348 g/mol. The predicted molar refractivity (Wildman–Crippen MR) is 114 cm³/mol. The van der Waals surface area contributed by atoms with E-state index in [9.17, 15) is 0 Å². The summed E-state index contributed by atoms with van der Waals surface area (Å²) < 4.78 is 5.93. The molecule has 2 aliphatic heterocycles. The van der Waals surface area contributed by atoms with Gasteiger partial charge in [-0.25, -0.2) is 0 Å². The van der Waals surface area contributed by atoms with Gasteiger partial charge in [0.05, 0.1) is 6.10 Å². The number of hydrogen-bond acceptors (Lipinski definition) is 3. The molecule has 0 radical (unpaired) electrons. The lowest BCUT2D eigenvalue weighted by atomic mass is 9.57. The van der Waals surface area contributed by atoms with E-state index in [1.165, 1.54) is 12.0 Å². The van der Waals surface area contributed by atoms with Crippen molar-refractivity contribution < 1.29 is 4.74 Å². The molecule has 2 heterocycles. The smallest absolute Gasteiger partial charge is 0.191 e. The lowest BCUT2D eigenvalue weighted by Gasteiger charge is -2.55. The molecule has 2 saturated heterocycles. The maximum atomic E-state index is 5.93. The summed E-state index contributed by atoms with van der Waals surface area (Å²) in [6.07, 6.45) is 3.88. The van der Waals surface area contributed by atoms with Gasteiger partial charge in [0.25, 0.3) is 0 Å². The third kappa shape index (κ3) is 3.67. The van der Waals surface area contributed by atoms with Crippen LogP contribution in [-0.2, 0) is 4.74 Å². The molecule has 1 aliphatic carbocycles. The average Bonchev–Trinajstić information content (AvgIpc) is 3.19. The van der Waals surface area contributed by atoms with Crippen LogP contribution in [0.25, 0.3) is 0 Å². The molecular formula is C23H36N4O. The van der Waals surface area contributed by atoms with Crippen molar-refractivity contribution in [2.75, 3.05) is 26.7 Å². The molecule has 3 aliphatic rings. The Bertz CT molecular complexity index is 681. The quantitative estimate of drug-likeness (QED) is 0.618. The van der Waals surface area contributed by atoms with Crippen LogP contribution in [0.5, 0.6) is 0 Å².